The standard InChI is InChI=1S/C17H14BrN3O/c1-22-14-4-2-3-12(9-14)16-10-15(20-17(19)21-16)11-5-7-13(18)8-6-11/h2-10H,1H3,(H2,19,20,21). The van der Waals surface area contributed by atoms with Crippen LogP contribution in [0.3, 0.4) is 0 Å². The number of aromatic nitrogens is 2. The van der Waals surface area contributed by atoms with E-state index in [1.165, 1.54) is 0 Å². The minimum Gasteiger partial charge on any atom is -0.497 e. The highest BCUT2D eigenvalue weighted by Crippen LogP contribution is 2.27. The SMILES string of the molecule is COc1cccc(-c2cc(-c3ccc(Br)cc3)nc(N)n2)c1. The molecule has 0 fully saturated rings. The molecule has 0 spiro atoms. The fourth-order valence-corrected chi connectivity index (χ4v) is 2.43. The van der Waals surface area contributed by atoms with Crippen molar-refractivity contribution >= 4 is 21.9 Å². The van der Waals surface area contributed by atoms with Crippen LogP contribution in [0.4, 0.5) is 5.95 Å². The van der Waals surface area contributed by atoms with Crippen molar-refractivity contribution in [3.63, 3.8) is 0 Å². The van der Waals surface area contributed by atoms with Gasteiger partial charge in [0.2, 0.25) is 5.95 Å². The normalized spacial score (nSPS) is 10.5. The lowest BCUT2D eigenvalue weighted by Gasteiger charge is -2.08. The summed E-state index contributed by atoms with van der Waals surface area (Å²) in [7, 11) is 1.64. The highest BCUT2D eigenvalue weighted by molar-refractivity contribution is 9.10. The van der Waals surface area contributed by atoms with E-state index < -0.39 is 0 Å². The second kappa shape index (κ2) is 6.15. The summed E-state index contributed by atoms with van der Waals surface area (Å²) in [5, 5.41) is 0. The maximum atomic E-state index is 5.87. The van der Waals surface area contributed by atoms with Gasteiger partial charge in [0.05, 0.1) is 18.5 Å². The average Bonchev–Trinajstić information content (AvgIpc) is 2.55. The number of halogens is 1. The largest absolute Gasteiger partial charge is 0.497 e. The van der Waals surface area contributed by atoms with Gasteiger partial charge < -0.3 is 10.5 Å². The molecule has 4 nitrogen and oxygen atoms in total. The van der Waals surface area contributed by atoms with Gasteiger partial charge >= 0.3 is 0 Å². The van der Waals surface area contributed by atoms with E-state index in [-0.39, 0.29) is 5.95 Å². The van der Waals surface area contributed by atoms with Gasteiger partial charge in [-0.25, -0.2) is 9.97 Å². The monoisotopic (exact) mass is 355 g/mol. The van der Waals surface area contributed by atoms with Crippen LogP contribution in [0.15, 0.2) is 59.1 Å². The van der Waals surface area contributed by atoms with Crippen molar-refractivity contribution in [1.29, 1.82) is 0 Å². The van der Waals surface area contributed by atoms with Gasteiger partial charge in [-0.2, -0.15) is 0 Å². The first-order valence-corrected chi connectivity index (χ1v) is 7.50. The molecule has 0 aliphatic rings. The summed E-state index contributed by atoms with van der Waals surface area (Å²) in [6, 6.07) is 17.5. The molecule has 0 saturated heterocycles. The molecule has 0 radical (unpaired) electrons. The smallest absolute Gasteiger partial charge is 0.221 e. The molecule has 110 valence electrons. The Balaban J connectivity index is 2.08. The number of hydrogen-bond donors (Lipinski definition) is 1. The number of hydrogen-bond acceptors (Lipinski definition) is 4. The summed E-state index contributed by atoms with van der Waals surface area (Å²) in [6.45, 7) is 0. The number of rotatable bonds is 3. The molecule has 0 aliphatic carbocycles. The van der Waals surface area contributed by atoms with Gasteiger partial charge in [-0.3, -0.25) is 0 Å². The lowest BCUT2D eigenvalue weighted by Crippen LogP contribution is -1.98. The molecule has 2 aromatic carbocycles. The second-order valence-corrected chi connectivity index (χ2v) is 5.65. The van der Waals surface area contributed by atoms with Crippen molar-refractivity contribution in [2.45, 2.75) is 0 Å². The van der Waals surface area contributed by atoms with Crippen molar-refractivity contribution in [2.24, 2.45) is 0 Å². The van der Waals surface area contributed by atoms with Gasteiger partial charge in [0.15, 0.2) is 0 Å². The van der Waals surface area contributed by atoms with Crippen molar-refractivity contribution in [3.05, 3.63) is 59.1 Å². The van der Waals surface area contributed by atoms with Gasteiger partial charge in [-0.05, 0) is 30.3 Å². The van der Waals surface area contributed by atoms with Crippen molar-refractivity contribution < 1.29 is 4.74 Å². The van der Waals surface area contributed by atoms with Crippen LogP contribution < -0.4 is 10.5 Å². The highest BCUT2D eigenvalue weighted by atomic mass is 79.9. The summed E-state index contributed by atoms with van der Waals surface area (Å²) < 4.78 is 6.27. The van der Waals surface area contributed by atoms with Gasteiger partial charge in [0.1, 0.15) is 5.75 Å². The van der Waals surface area contributed by atoms with Crippen LogP contribution in [-0.4, -0.2) is 17.1 Å². The quantitative estimate of drug-likeness (QED) is 0.765. The van der Waals surface area contributed by atoms with E-state index >= 15 is 0 Å². The van der Waals surface area contributed by atoms with Crippen molar-refractivity contribution in [3.8, 4) is 28.3 Å². The molecule has 5 heteroatoms. The Bertz CT molecular complexity index is 803. The summed E-state index contributed by atoms with van der Waals surface area (Å²) in [5.41, 5.74) is 9.35. The van der Waals surface area contributed by atoms with E-state index in [0.29, 0.717) is 0 Å². The predicted molar refractivity (Wildman–Crippen MR) is 91.6 cm³/mol. The van der Waals surface area contributed by atoms with Gasteiger partial charge in [0.25, 0.3) is 0 Å². The molecule has 22 heavy (non-hydrogen) atoms. The average molecular weight is 356 g/mol. The number of nitrogens with two attached hydrogens (primary N) is 1. The van der Waals surface area contributed by atoms with Crippen LogP contribution >= 0.6 is 15.9 Å². The predicted octanol–water partition coefficient (Wildman–Crippen LogP) is 4.16. The topological polar surface area (TPSA) is 61.0 Å². The Morgan fingerprint density at radius 1 is 0.909 bits per heavy atom. The van der Waals surface area contributed by atoms with Gasteiger partial charge in [0, 0.05) is 15.6 Å². The molecule has 0 amide bonds. The molecule has 1 heterocycles. The van der Waals surface area contributed by atoms with E-state index in [2.05, 4.69) is 25.9 Å². The molecule has 2 N–H and O–H groups in total. The van der Waals surface area contributed by atoms with Crippen LogP contribution in [0.1, 0.15) is 0 Å². The number of benzene rings is 2. The first-order chi connectivity index (χ1) is 10.7. The van der Waals surface area contributed by atoms with Crippen LogP contribution in [0.2, 0.25) is 0 Å². The summed E-state index contributed by atoms with van der Waals surface area (Å²) in [5.74, 6) is 1.03. The lowest BCUT2D eigenvalue weighted by molar-refractivity contribution is 0.415. The fraction of sp³-hybridized carbons (Fsp3) is 0.0588. The maximum absolute atomic E-state index is 5.87. The van der Waals surface area contributed by atoms with Crippen LogP contribution in [0.5, 0.6) is 5.75 Å². The molecule has 1 aromatic heterocycles. The molecule has 3 aromatic rings. The van der Waals surface area contributed by atoms with E-state index in [9.17, 15) is 0 Å². The molecular formula is C17H14BrN3O. The highest BCUT2D eigenvalue weighted by Gasteiger charge is 2.08. The van der Waals surface area contributed by atoms with Gasteiger partial charge in [-0.15, -0.1) is 0 Å². The zero-order chi connectivity index (χ0) is 15.5. The number of nitrogen functional groups attached to an aromatic ring is 1. The molecule has 0 atom stereocenters. The maximum Gasteiger partial charge on any atom is 0.221 e. The van der Waals surface area contributed by atoms with Crippen LogP contribution in [-0.2, 0) is 0 Å². The summed E-state index contributed by atoms with van der Waals surface area (Å²) in [6.07, 6.45) is 0. The number of methoxy groups -OCH3 is 1. The first kappa shape index (κ1) is 14.5. The van der Waals surface area contributed by atoms with Crippen molar-refractivity contribution in [2.75, 3.05) is 12.8 Å². The van der Waals surface area contributed by atoms with E-state index in [1.54, 1.807) is 7.11 Å². The molecule has 3 rings (SSSR count). The van der Waals surface area contributed by atoms with E-state index in [4.69, 9.17) is 10.5 Å². The number of nitrogens with zero attached hydrogens (tertiary/aromatic N) is 2. The summed E-state index contributed by atoms with van der Waals surface area (Å²) in [4.78, 5) is 8.65. The molecule has 0 unspecified atom stereocenters. The van der Waals surface area contributed by atoms with Crippen LogP contribution in [0, 0.1) is 0 Å². The van der Waals surface area contributed by atoms with Crippen molar-refractivity contribution in [1.82, 2.24) is 9.97 Å². The Morgan fingerprint density at radius 2 is 1.59 bits per heavy atom. The third-order valence-electron chi connectivity index (χ3n) is 3.25. The third kappa shape index (κ3) is 3.09. The lowest BCUT2D eigenvalue weighted by atomic mass is 10.1. The van der Waals surface area contributed by atoms with E-state index in [1.807, 2.05) is 54.6 Å². The zero-order valence-electron chi connectivity index (χ0n) is 12.0. The minimum atomic E-state index is 0.248. The molecule has 0 aliphatic heterocycles. The number of ether oxygens (including phenoxy) is 1. The Labute approximate surface area is 137 Å². The zero-order valence-corrected chi connectivity index (χ0v) is 13.5. The molecule has 0 bridgehead atoms. The van der Waals surface area contributed by atoms with Crippen LogP contribution in [0.25, 0.3) is 22.5 Å². The summed E-state index contributed by atoms with van der Waals surface area (Å²) >= 11 is 3.43. The minimum absolute atomic E-state index is 0.248. The molecule has 0 saturated carbocycles. The third-order valence-corrected chi connectivity index (χ3v) is 3.78. The van der Waals surface area contributed by atoms with Gasteiger partial charge in [-0.1, -0.05) is 40.2 Å². The fourth-order valence-electron chi connectivity index (χ4n) is 2.16. The second-order valence-electron chi connectivity index (χ2n) is 4.74. The Kier molecular flexibility index (Phi) is 4.06. The molecular weight excluding hydrogens is 342 g/mol. The first-order valence-electron chi connectivity index (χ1n) is 6.70. The Hall–Kier alpha value is -2.40. The van der Waals surface area contributed by atoms with E-state index in [0.717, 1.165) is 32.7 Å². The number of anilines is 1. The Morgan fingerprint density at radius 3 is 2.27 bits per heavy atom.